The van der Waals surface area contributed by atoms with E-state index >= 15 is 0 Å². The second kappa shape index (κ2) is 5.21. The number of rotatable bonds is 2. The molecule has 2 N–H and O–H groups in total. The fourth-order valence-electron chi connectivity index (χ4n) is 0.379. The molecule has 0 aromatic heterocycles. The van der Waals surface area contributed by atoms with E-state index in [9.17, 15) is 18.0 Å². The van der Waals surface area contributed by atoms with Crippen molar-refractivity contribution in [2.24, 2.45) is 5.73 Å². The average molecular weight is 208 g/mol. The molecule has 0 aliphatic carbocycles. The lowest BCUT2D eigenvalue weighted by Gasteiger charge is -2.13. The minimum absolute atomic E-state index is 0. The predicted molar refractivity (Wildman–Crippen MR) is 37.9 cm³/mol. The van der Waals surface area contributed by atoms with Gasteiger partial charge in [0.2, 0.25) is 0 Å². The van der Waals surface area contributed by atoms with Crippen molar-refractivity contribution < 1.29 is 22.7 Å². The maximum absolute atomic E-state index is 11.6. The first-order valence-electron chi connectivity index (χ1n) is 2.77. The molecule has 0 spiro atoms. The Labute approximate surface area is 73.5 Å². The lowest BCUT2D eigenvalue weighted by molar-refractivity contribution is -0.162. The van der Waals surface area contributed by atoms with Crippen LogP contribution in [0.5, 0.6) is 0 Å². The van der Waals surface area contributed by atoms with Crippen LogP contribution in [0.4, 0.5) is 13.2 Å². The van der Waals surface area contributed by atoms with Gasteiger partial charge >= 0.3 is 12.1 Å². The standard InChI is InChI=1S/C5H8F3NO2.ClH/c1-11-4(10)2-3(9)5(6,7)8;/h3H,2,9H2,1H3;1H. The van der Waals surface area contributed by atoms with Crippen LogP contribution in [0.3, 0.4) is 0 Å². The Morgan fingerprint density at radius 1 is 1.58 bits per heavy atom. The van der Waals surface area contributed by atoms with E-state index in [2.05, 4.69) is 10.5 Å². The normalized spacial score (nSPS) is 13.1. The topological polar surface area (TPSA) is 52.3 Å². The first kappa shape index (κ1) is 14.1. The van der Waals surface area contributed by atoms with E-state index in [4.69, 9.17) is 0 Å². The molecule has 0 amide bonds. The minimum atomic E-state index is -4.53. The molecule has 0 aromatic carbocycles. The van der Waals surface area contributed by atoms with Gasteiger partial charge in [-0.05, 0) is 0 Å². The lowest BCUT2D eigenvalue weighted by atomic mass is 10.2. The zero-order chi connectivity index (χ0) is 9.07. The number of carbonyl (C=O) groups excluding carboxylic acids is 1. The molecule has 7 heteroatoms. The van der Waals surface area contributed by atoms with Gasteiger partial charge in [-0.3, -0.25) is 4.79 Å². The van der Waals surface area contributed by atoms with Crippen molar-refractivity contribution in [3.63, 3.8) is 0 Å². The highest BCUT2D eigenvalue weighted by molar-refractivity contribution is 5.85. The molecule has 3 nitrogen and oxygen atoms in total. The van der Waals surface area contributed by atoms with Crippen LogP contribution in [-0.4, -0.2) is 25.3 Å². The maximum Gasteiger partial charge on any atom is 0.404 e. The number of halogens is 4. The Morgan fingerprint density at radius 2 is 2.00 bits per heavy atom. The average Bonchev–Trinajstić information content (AvgIpc) is 1.85. The summed E-state index contributed by atoms with van der Waals surface area (Å²) in [6.07, 6.45) is -5.37. The number of hydrogen-bond donors (Lipinski definition) is 1. The van der Waals surface area contributed by atoms with Gasteiger partial charge in [-0.2, -0.15) is 13.2 Å². The van der Waals surface area contributed by atoms with Crippen molar-refractivity contribution in [2.45, 2.75) is 18.6 Å². The highest BCUT2D eigenvalue weighted by atomic mass is 35.5. The van der Waals surface area contributed by atoms with Gasteiger partial charge < -0.3 is 10.5 Å². The van der Waals surface area contributed by atoms with Crippen LogP contribution in [0, 0.1) is 0 Å². The van der Waals surface area contributed by atoms with Gasteiger partial charge in [0, 0.05) is 0 Å². The van der Waals surface area contributed by atoms with Gasteiger partial charge in [-0.25, -0.2) is 0 Å². The summed E-state index contributed by atoms with van der Waals surface area (Å²) in [4.78, 5) is 10.3. The summed E-state index contributed by atoms with van der Waals surface area (Å²) in [5, 5.41) is 0. The van der Waals surface area contributed by atoms with Crippen LogP contribution in [0.15, 0.2) is 0 Å². The molecule has 0 saturated heterocycles. The molecule has 0 aromatic rings. The van der Waals surface area contributed by atoms with Crippen LogP contribution in [0.25, 0.3) is 0 Å². The highest BCUT2D eigenvalue weighted by Gasteiger charge is 2.38. The van der Waals surface area contributed by atoms with Crippen molar-refractivity contribution in [3.8, 4) is 0 Å². The zero-order valence-corrected chi connectivity index (χ0v) is 7.04. The first-order chi connectivity index (χ1) is 4.88. The van der Waals surface area contributed by atoms with E-state index in [1.807, 2.05) is 0 Å². The molecule has 0 rings (SSSR count). The highest BCUT2D eigenvalue weighted by Crippen LogP contribution is 2.20. The third-order valence-corrected chi connectivity index (χ3v) is 1.03. The molecular formula is C5H9ClF3NO2. The summed E-state index contributed by atoms with van der Waals surface area (Å²) in [5.74, 6) is -0.963. The Kier molecular flexibility index (Phi) is 6.10. The summed E-state index contributed by atoms with van der Waals surface area (Å²) in [7, 11) is 1.01. The fourth-order valence-corrected chi connectivity index (χ4v) is 0.379. The fraction of sp³-hybridized carbons (Fsp3) is 0.800. The van der Waals surface area contributed by atoms with Crippen LogP contribution in [0.2, 0.25) is 0 Å². The number of nitrogens with two attached hydrogens (primary N) is 1. The van der Waals surface area contributed by atoms with E-state index in [0.29, 0.717) is 0 Å². The van der Waals surface area contributed by atoms with Crippen molar-refractivity contribution >= 4 is 18.4 Å². The quantitative estimate of drug-likeness (QED) is 0.684. The van der Waals surface area contributed by atoms with Gasteiger partial charge in [0.05, 0.1) is 13.5 Å². The summed E-state index contributed by atoms with van der Waals surface area (Å²) in [5.41, 5.74) is 4.60. The molecule has 74 valence electrons. The summed E-state index contributed by atoms with van der Waals surface area (Å²) in [6, 6.07) is -2.13. The van der Waals surface area contributed by atoms with Gasteiger partial charge in [0.1, 0.15) is 6.04 Å². The second-order valence-corrected chi connectivity index (χ2v) is 1.93. The number of esters is 1. The number of methoxy groups -OCH3 is 1. The SMILES string of the molecule is COC(=O)CC(N)C(F)(F)F.Cl. The molecule has 0 bridgehead atoms. The molecule has 0 saturated carbocycles. The van der Waals surface area contributed by atoms with Crippen molar-refractivity contribution in [1.29, 1.82) is 0 Å². The molecule has 0 heterocycles. The van der Waals surface area contributed by atoms with Crippen molar-refractivity contribution in [1.82, 2.24) is 0 Å². The van der Waals surface area contributed by atoms with Gasteiger partial charge in [0.15, 0.2) is 0 Å². The number of carbonyl (C=O) groups is 1. The van der Waals surface area contributed by atoms with Crippen LogP contribution in [-0.2, 0) is 9.53 Å². The number of hydrogen-bond acceptors (Lipinski definition) is 3. The van der Waals surface area contributed by atoms with E-state index in [1.165, 1.54) is 0 Å². The smallest absolute Gasteiger partial charge is 0.404 e. The molecular weight excluding hydrogens is 199 g/mol. The van der Waals surface area contributed by atoms with E-state index in [0.717, 1.165) is 7.11 Å². The molecule has 0 aliphatic heterocycles. The molecule has 12 heavy (non-hydrogen) atoms. The molecule has 0 fully saturated rings. The van der Waals surface area contributed by atoms with E-state index in [-0.39, 0.29) is 12.4 Å². The van der Waals surface area contributed by atoms with Gasteiger partial charge in [0.25, 0.3) is 0 Å². The Balaban J connectivity index is 0. The molecule has 0 radical (unpaired) electrons. The van der Waals surface area contributed by atoms with Crippen molar-refractivity contribution in [2.75, 3.05) is 7.11 Å². The third kappa shape index (κ3) is 5.20. The number of ether oxygens (including phenoxy) is 1. The van der Waals surface area contributed by atoms with Crippen molar-refractivity contribution in [3.05, 3.63) is 0 Å². The van der Waals surface area contributed by atoms with Gasteiger partial charge in [-0.1, -0.05) is 0 Å². The monoisotopic (exact) mass is 207 g/mol. The third-order valence-electron chi connectivity index (χ3n) is 1.03. The number of alkyl halides is 3. The Bertz CT molecular complexity index is 150. The van der Waals surface area contributed by atoms with E-state index < -0.39 is 24.6 Å². The van der Waals surface area contributed by atoms with Crippen LogP contribution in [0.1, 0.15) is 6.42 Å². The van der Waals surface area contributed by atoms with Crippen LogP contribution >= 0.6 is 12.4 Å². The summed E-state index contributed by atoms with van der Waals surface area (Å²) >= 11 is 0. The van der Waals surface area contributed by atoms with Crippen LogP contribution < -0.4 is 5.73 Å². The summed E-state index contributed by atoms with van der Waals surface area (Å²) < 4.78 is 38.8. The molecule has 1 atom stereocenters. The zero-order valence-electron chi connectivity index (χ0n) is 6.22. The molecule has 0 aliphatic rings. The predicted octanol–water partition coefficient (Wildman–Crippen LogP) is 0.861. The Hall–Kier alpha value is -0.490. The minimum Gasteiger partial charge on any atom is -0.469 e. The summed E-state index contributed by atoms with van der Waals surface area (Å²) in [6.45, 7) is 0. The van der Waals surface area contributed by atoms with Gasteiger partial charge in [-0.15, -0.1) is 12.4 Å². The maximum atomic E-state index is 11.6. The van der Waals surface area contributed by atoms with E-state index in [1.54, 1.807) is 0 Å². The largest absolute Gasteiger partial charge is 0.469 e. The lowest BCUT2D eigenvalue weighted by Crippen LogP contribution is -2.39. The molecule has 1 unspecified atom stereocenters. The second-order valence-electron chi connectivity index (χ2n) is 1.93. The first-order valence-corrected chi connectivity index (χ1v) is 2.77. The Morgan fingerprint density at radius 3 is 2.25 bits per heavy atom.